The zero-order chi connectivity index (χ0) is 20.3. The molecule has 1 saturated carbocycles. The summed E-state index contributed by atoms with van der Waals surface area (Å²) in [5.41, 5.74) is 0.836. The average molecular weight is 433 g/mol. The van der Waals surface area contributed by atoms with Crippen molar-refractivity contribution in [2.24, 2.45) is 5.92 Å². The molecule has 28 heavy (non-hydrogen) atoms. The number of hydrogen-bond donors (Lipinski definition) is 1. The predicted molar refractivity (Wildman–Crippen MR) is 105 cm³/mol. The fraction of sp³-hybridized carbons (Fsp3) is 0.579. The van der Waals surface area contributed by atoms with Gasteiger partial charge in [0.1, 0.15) is 0 Å². The molecule has 1 fully saturated rings. The third-order valence-electron chi connectivity index (χ3n) is 5.13. The van der Waals surface area contributed by atoms with Gasteiger partial charge in [-0.05, 0) is 44.7 Å². The number of carboxylic acid groups (broad SMARTS) is 1. The third-order valence-corrected chi connectivity index (χ3v) is 7.03. The van der Waals surface area contributed by atoms with Crippen molar-refractivity contribution < 1.29 is 23.1 Å². The lowest BCUT2D eigenvalue weighted by atomic mass is 9.80. The van der Waals surface area contributed by atoms with Crippen LogP contribution in [0.15, 0.2) is 17.5 Å². The molecule has 3 rings (SSSR count). The highest BCUT2D eigenvalue weighted by Gasteiger charge is 2.41. The molecule has 0 unspecified atom stereocenters. The van der Waals surface area contributed by atoms with Crippen molar-refractivity contribution in [3.8, 4) is 0 Å². The van der Waals surface area contributed by atoms with E-state index in [2.05, 4.69) is 4.98 Å². The van der Waals surface area contributed by atoms with Crippen LogP contribution in [0.4, 0.5) is 18.3 Å². The van der Waals surface area contributed by atoms with Gasteiger partial charge >= 0.3 is 12.1 Å². The molecule has 1 N–H and O–H groups in total. The molecule has 0 aliphatic heterocycles. The van der Waals surface area contributed by atoms with Crippen LogP contribution in [0.2, 0.25) is 0 Å². The van der Waals surface area contributed by atoms with Gasteiger partial charge in [0.25, 0.3) is 0 Å². The average Bonchev–Trinajstić information content (AvgIpc) is 3.27. The molecular weight excluding hydrogens is 409 g/mol. The van der Waals surface area contributed by atoms with E-state index in [4.69, 9.17) is 5.11 Å². The maximum absolute atomic E-state index is 12.9. The number of thiazole rings is 1. The summed E-state index contributed by atoms with van der Waals surface area (Å²) >= 11 is 3.10. The van der Waals surface area contributed by atoms with Crippen molar-refractivity contribution in [1.82, 2.24) is 4.98 Å². The Morgan fingerprint density at radius 3 is 2.57 bits per heavy atom. The molecule has 0 atom stereocenters. The van der Waals surface area contributed by atoms with Gasteiger partial charge in [-0.1, -0.05) is 0 Å². The summed E-state index contributed by atoms with van der Waals surface area (Å²) in [6.45, 7) is 2.95. The number of carbonyl (C=O) groups is 1. The maximum atomic E-state index is 12.9. The zero-order valence-corrected chi connectivity index (χ0v) is 17.2. The number of nitrogens with zero attached hydrogens (tertiary/aromatic N) is 2. The minimum absolute atomic E-state index is 0.00988. The Balaban J connectivity index is 1.68. The van der Waals surface area contributed by atoms with Gasteiger partial charge in [-0.25, -0.2) is 4.98 Å². The van der Waals surface area contributed by atoms with Gasteiger partial charge < -0.3 is 10.0 Å². The number of aryl methyl sites for hydroxylation is 1. The second-order valence-electron chi connectivity index (χ2n) is 7.22. The van der Waals surface area contributed by atoms with E-state index in [-0.39, 0.29) is 25.2 Å². The van der Waals surface area contributed by atoms with Crippen LogP contribution in [0.1, 0.15) is 53.5 Å². The Morgan fingerprint density at radius 1 is 1.29 bits per heavy atom. The van der Waals surface area contributed by atoms with E-state index in [0.717, 1.165) is 15.7 Å². The Kier molecular flexibility index (Phi) is 6.65. The highest BCUT2D eigenvalue weighted by atomic mass is 32.1. The van der Waals surface area contributed by atoms with E-state index in [1.54, 1.807) is 11.3 Å². The van der Waals surface area contributed by atoms with Crippen molar-refractivity contribution >= 4 is 33.8 Å². The second kappa shape index (κ2) is 8.82. The molecule has 0 radical (unpaired) electrons. The van der Waals surface area contributed by atoms with E-state index < -0.39 is 18.1 Å². The van der Waals surface area contributed by atoms with E-state index in [1.807, 2.05) is 29.3 Å². The van der Waals surface area contributed by atoms with Crippen LogP contribution < -0.4 is 4.90 Å². The largest absolute Gasteiger partial charge is 0.481 e. The molecule has 0 amide bonds. The molecule has 1 aliphatic carbocycles. The summed E-state index contributed by atoms with van der Waals surface area (Å²) in [5.74, 6) is -2.01. The van der Waals surface area contributed by atoms with Crippen LogP contribution >= 0.6 is 22.7 Å². The van der Waals surface area contributed by atoms with E-state index in [9.17, 15) is 18.0 Å². The highest BCUT2D eigenvalue weighted by molar-refractivity contribution is 7.14. The van der Waals surface area contributed by atoms with Crippen LogP contribution in [-0.4, -0.2) is 28.8 Å². The molecule has 1 aliphatic rings. The lowest BCUT2D eigenvalue weighted by Gasteiger charge is -2.29. The molecule has 154 valence electrons. The number of hydrogen-bond acceptors (Lipinski definition) is 5. The van der Waals surface area contributed by atoms with Gasteiger partial charge in [-0.15, -0.1) is 22.7 Å². The van der Waals surface area contributed by atoms with Gasteiger partial charge in [0.15, 0.2) is 5.13 Å². The van der Waals surface area contributed by atoms with E-state index >= 15 is 0 Å². The van der Waals surface area contributed by atoms with Crippen LogP contribution in [0.25, 0.3) is 0 Å². The monoisotopic (exact) mass is 432 g/mol. The lowest BCUT2D eigenvalue weighted by Crippen LogP contribution is -2.27. The number of carboxylic acids is 1. The predicted octanol–water partition coefficient (Wildman–Crippen LogP) is 5.83. The summed E-state index contributed by atoms with van der Waals surface area (Å²) in [6, 6.07) is 4.06. The van der Waals surface area contributed by atoms with Gasteiger partial charge in [0.2, 0.25) is 0 Å². The number of halogens is 3. The minimum Gasteiger partial charge on any atom is -0.481 e. The first kappa shape index (κ1) is 21.1. The number of alkyl halides is 3. The summed E-state index contributed by atoms with van der Waals surface area (Å²) in [7, 11) is 0. The summed E-state index contributed by atoms with van der Waals surface area (Å²) < 4.78 is 38.6. The Hall–Kier alpha value is -1.61. The minimum atomic E-state index is -4.11. The van der Waals surface area contributed by atoms with Crippen molar-refractivity contribution in [2.75, 3.05) is 11.4 Å². The van der Waals surface area contributed by atoms with Crippen molar-refractivity contribution in [1.29, 1.82) is 0 Å². The SMILES string of the molecule is Cc1ccc(CN(CCC(=O)O)c2nc(C3CCC(C(F)(F)F)CC3)cs2)s1. The molecule has 0 bridgehead atoms. The number of aliphatic carboxylic acids is 1. The third kappa shape index (κ3) is 5.47. The fourth-order valence-electron chi connectivity index (χ4n) is 3.56. The van der Waals surface area contributed by atoms with Gasteiger partial charge in [0.05, 0.1) is 24.6 Å². The van der Waals surface area contributed by atoms with Gasteiger partial charge in [-0.3, -0.25) is 4.79 Å². The van der Waals surface area contributed by atoms with Gasteiger partial charge in [-0.2, -0.15) is 13.2 Å². The molecule has 0 saturated heterocycles. The molecule has 9 heteroatoms. The van der Waals surface area contributed by atoms with Crippen molar-refractivity contribution in [3.63, 3.8) is 0 Å². The first-order valence-electron chi connectivity index (χ1n) is 9.26. The summed E-state index contributed by atoms with van der Waals surface area (Å²) in [5, 5.41) is 11.7. The van der Waals surface area contributed by atoms with E-state index in [1.165, 1.54) is 16.2 Å². The van der Waals surface area contributed by atoms with Crippen LogP contribution in [0.3, 0.4) is 0 Å². The van der Waals surface area contributed by atoms with Gasteiger partial charge in [0, 0.05) is 27.6 Å². The standard InChI is InChI=1S/C19H23F3N2O2S2/c1-12-2-7-15(28-12)10-24(9-8-17(25)26)18-23-16(11-27-18)13-3-5-14(6-4-13)19(20,21)22/h2,7,11,13-14H,3-6,8-10H2,1H3,(H,25,26). The summed E-state index contributed by atoms with van der Waals surface area (Å²) in [4.78, 5) is 20.0. The topological polar surface area (TPSA) is 53.4 Å². The first-order valence-corrected chi connectivity index (χ1v) is 11.0. The summed E-state index contributed by atoms with van der Waals surface area (Å²) in [6.07, 6.45) is -2.81. The molecule has 0 aromatic carbocycles. The molecule has 2 aromatic rings. The molecule has 2 heterocycles. The maximum Gasteiger partial charge on any atom is 0.391 e. The highest BCUT2D eigenvalue weighted by Crippen LogP contribution is 2.43. The Labute approximate surface area is 170 Å². The number of aromatic nitrogens is 1. The molecule has 4 nitrogen and oxygen atoms in total. The Bertz CT molecular complexity index is 795. The quantitative estimate of drug-likeness (QED) is 0.598. The smallest absolute Gasteiger partial charge is 0.391 e. The van der Waals surface area contributed by atoms with E-state index in [0.29, 0.717) is 25.9 Å². The van der Waals surface area contributed by atoms with Crippen LogP contribution in [0, 0.1) is 12.8 Å². The number of thiophene rings is 1. The lowest BCUT2D eigenvalue weighted by molar-refractivity contribution is -0.182. The number of anilines is 1. The molecule has 0 spiro atoms. The van der Waals surface area contributed by atoms with Crippen LogP contribution in [0.5, 0.6) is 0 Å². The van der Waals surface area contributed by atoms with Crippen molar-refractivity contribution in [3.05, 3.63) is 33.0 Å². The molecular formula is C19H23F3N2O2S2. The second-order valence-corrected chi connectivity index (χ2v) is 9.43. The van der Waals surface area contributed by atoms with Crippen LogP contribution in [-0.2, 0) is 11.3 Å². The first-order chi connectivity index (χ1) is 13.2. The fourth-order valence-corrected chi connectivity index (χ4v) is 5.40. The molecule has 2 aromatic heterocycles. The normalized spacial score (nSPS) is 20.3. The number of rotatable bonds is 7. The van der Waals surface area contributed by atoms with Crippen molar-refractivity contribution in [2.45, 2.75) is 57.7 Å². The zero-order valence-electron chi connectivity index (χ0n) is 15.5. The Morgan fingerprint density at radius 2 is 2.00 bits per heavy atom.